The van der Waals surface area contributed by atoms with Gasteiger partial charge in [-0.2, -0.15) is 23.5 Å². The predicted octanol–water partition coefficient (Wildman–Crippen LogP) is 4.18. The molecule has 1 aromatic rings. The van der Waals surface area contributed by atoms with Crippen molar-refractivity contribution in [2.45, 2.75) is 11.5 Å². The van der Waals surface area contributed by atoms with Crippen LogP contribution in [0, 0.1) is 0 Å². The standard InChI is InChI=1S/C10H13BrS2/c1-12-6-8-4-3-5-9(7-13-2)10(8)11/h3-5H,6-7H2,1-2H3. The van der Waals surface area contributed by atoms with Crippen molar-refractivity contribution in [1.29, 1.82) is 0 Å². The van der Waals surface area contributed by atoms with E-state index in [2.05, 4.69) is 46.6 Å². The van der Waals surface area contributed by atoms with Crippen molar-refractivity contribution in [2.24, 2.45) is 0 Å². The molecular formula is C10H13BrS2. The lowest BCUT2D eigenvalue weighted by Gasteiger charge is -2.07. The molecule has 0 saturated heterocycles. The number of hydrogen-bond donors (Lipinski definition) is 0. The van der Waals surface area contributed by atoms with Gasteiger partial charge in [0.15, 0.2) is 0 Å². The van der Waals surface area contributed by atoms with Gasteiger partial charge in [0.2, 0.25) is 0 Å². The Morgan fingerprint density at radius 1 is 1.08 bits per heavy atom. The highest BCUT2D eigenvalue weighted by Gasteiger charge is 2.03. The van der Waals surface area contributed by atoms with Crippen molar-refractivity contribution >= 4 is 39.5 Å². The molecule has 0 N–H and O–H groups in total. The number of halogens is 1. The first-order valence-electron chi connectivity index (χ1n) is 4.03. The molecule has 0 aliphatic carbocycles. The molecule has 0 aliphatic rings. The largest absolute Gasteiger partial charge is 0.161 e. The number of benzene rings is 1. The molecule has 0 atom stereocenters. The summed E-state index contributed by atoms with van der Waals surface area (Å²) in [6.07, 6.45) is 4.27. The van der Waals surface area contributed by atoms with Gasteiger partial charge in [-0.1, -0.05) is 34.1 Å². The van der Waals surface area contributed by atoms with E-state index in [9.17, 15) is 0 Å². The molecule has 0 unspecified atom stereocenters. The molecule has 0 amide bonds. The summed E-state index contributed by atoms with van der Waals surface area (Å²) in [5.74, 6) is 2.17. The van der Waals surface area contributed by atoms with Crippen LogP contribution in [0.25, 0.3) is 0 Å². The lowest BCUT2D eigenvalue weighted by atomic mass is 10.2. The van der Waals surface area contributed by atoms with Gasteiger partial charge in [-0.3, -0.25) is 0 Å². The Morgan fingerprint density at radius 3 is 1.92 bits per heavy atom. The third-order valence-electron chi connectivity index (χ3n) is 1.76. The van der Waals surface area contributed by atoms with E-state index < -0.39 is 0 Å². The van der Waals surface area contributed by atoms with Crippen molar-refractivity contribution in [3.05, 3.63) is 33.8 Å². The van der Waals surface area contributed by atoms with Gasteiger partial charge in [0.1, 0.15) is 0 Å². The maximum Gasteiger partial charge on any atom is 0.0256 e. The van der Waals surface area contributed by atoms with E-state index in [-0.39, 0.29) is 0 Å². The summed E-state index contributed by atoms with van der Waals surface area (Å²) < 4.78 is 1.29. The number of thioether (sulfide) groups is 2. The quantitative estimate of drug-likeness (QED) is 0.810. The Balaban J connectivity index is 2.89. The Morgan fingerprint density at radius 2 is 1.54 bits per heavy atom. The van der Waals surface area contributed by atoms with Crippen molar-refractivity contribution in [2.75, 3.05) is 12.5 Å². The Bertz CT molecular complexity index is 249. The van der Waals surface area contributed by atoms with E-state index in [1.54, 1.807) is 0 Å². The summed E-state index contributed by atoms with van der Waals surface area (Å²) in [7, 11) is 0. The van der Waals surface area contributed by atoms with Crippen LogP contribution in [0.1, 0.15) is 11.1 Å². The molecular weight excluding hydrogens is 264 g/mol. The zero-order valence-electron chi connectivity index (χ0n) is 7.84. The molecule has 3 heteroatoms. The summed E-state index contributed by atoms with van der Waals surface area (Å²) in [6, 6.07) is 6.51. The molecule has 72 valence electrons. The van der Waals surface area contributed by atoms with Crippen LogP contribution in [0.4, 0.5) is 0 Å². The first kappa shape index (κ1) is 11.5. The lowest BCUT2D eigenvalue weighted by Crippen LogP contribution is -1.88. The zero-order chi connectivity index (χ0) is 9.68. The van der Waals surface area contributed by atoms with Crippen LogP contribution >= 0.6 is 39.5 Å². The van der Waals surface area contributed by atoms with Crippen molar-refractivity contribution in [3.63, 3.8) is 0 Å². The van der Waals surface area contributed by atoms with Crippen LogP contribution in [0.2, 0.25) is 0 Å². The molecule has 0 aliphatic heterocycles. The average Bonchev–Trinajstić information content (AvgIpc) is 2.13. The van der Waals surface area contributed by atoms with Crippen molar-refractivity contribution in [1.82, 2.24) is 0 Å². The van der Waals surface area contributed by atoms with E-state index in [0.717, 1.165) is 11.5 Å². The van der Waals surface area contributed by atoms with Crippen LogP contribution in [0.5, 0.6) is 0 Å². The monoisotopic (exact) mass is 276 g/mol. The Labute approximate surface area is 97.0 Å². The lowest BCUT2D eigenvalue weighted by molar-refractivity contribution is 1.29. The van der Waals surface area contributed by atoms with Crippen molar-refractivity contribution in [3.8, 4) is 0 Å². The summed E-state index contributed by atoms with van der Waals surface area (Å²) in [6.45, 7) is 0. The fourth-order valence-electron chi connectivity index (χ4n) is 1.17. The van der Waals surface area contributed by atoms with Crippen LogP contribution in [-0.2, 0) is 11.5 Å². The van der Waals surface area contributed by atoms with E-state index >= 15 is 0 Å². The highest BCUT2D eigenvalue weighted by molar-refractivity contribution is 9.10. The molecule has 0 radical (unpaired) electrons. The first-order chi connectivity index (χ1) is 6.29. The molecule has 13 heavy (non-hydrogen) atoms. The second kappa shape index (κ2) is 5.99. The molecule has 0 spiro atoms. The molecule has 1 rings (SSSR count). The van der Waals surface area contributed by atoms with Gasteiger partial charge >= 0.3 is 0 Å². The molecule has 1 aromatic carbocycles. The second-order valence-electron chi connectivity index (χ2n) is 2.76. The summed E-state index contributed by atoms with van der Waals surface area (Å²) >= 11 is 7.37. The topological polar surface area (TPSA) is 0 Å². The molecule has 0 bridgehead atoms. The second-order valence-corrected chi connectivity index (χ2v) is 5.28. The fraction of sp³-hybridized carbons (Fsp3) is 0.400. The van der Waals surface area contributed by atoms with Gasteiger partial charge < -0.3 is 0 Å². The molecule has 0 aromatic heterocycles. The summed E-state index contributed by atoms with van der Waals surface area (Å²) in [4.78, 5) is 0. The van der Waals surface area contributed by atoms with Crippen LogP contribution in [0.15, 0.2) is 22.7 Å². The minimum atomic E-state index is 1.09. The molecule has 0 heterocycles. The maximum atomic E-state index is 3.66. The van der Waals surface area contributed by atoms with Gasteiger partial charge in [-0.25, -0.2) is 0 Å². The van der Waals surface area contributed by atoms with Gasteiger partial charge in [0.25, 0.3) is 0 Å². The Kier molecular flexibility index (Phi) is 5.29. The minimum absolute atomic E-state index is 1.09. The fourth-order valence-corrected chi connectivity index (χ4v) is 3.19. The van der Waals surface area contributed by atoms with Crippen molar-refractivity contribution < 1.29 is 0 Å². The highest BCUT2D eigenvalue weighted by atomic mass is 79.9. The van der Waals surface area contributed by atoms with Gasteiger partial charge in [0.05, 0.1) is 0 Å². The third-order valence-corrected chi connectivity index (χ3v) is 3.98. The van der Waals surface area contributed by atoms with Crippen LogP contribution in [-0.4, -0.2) is 12.5 Å². The Hall–Kier alpha value is 0.400. The number of hydrogen-bond acceptors (Lipinski definition) is 2. The third kappa shape index (κ3) is 3.22. The van der Waals surface area contributed by atoms with E-state index in [0.29, 0.717) is 0 Å². The minimum Gasteiger partial charge on any atom is -0.161 e. The van der Waals surface area contributed by atoms with E-state index in [4.69, 9.17) is 0 Å². The molecule has 0 nitrogen and oxygen atoms in total. The molecule has 0 fully saturated rings. The first-order valence-corrected chi connectivity index (χ1v) is 7.61. The normalized spacial score (nSPS) is 10.4. The van der Waals surface area contributed by atoms with Crippen LogP contribution in [0.3, 0.4) is 0 Å². The highest BCUT2D eigenvalue weighted by Crippen LogP contribution is 2.26. The smallest absolute Gasteiger partial charge is 0.0256 e. The van der Waals surface area contributed by atoms with Gasteiger partial charge in [0, 0.05) is 16.0 Å². The van der Waals surface area contributed by atoms with E-state index in [1.165, 1.54) is 15.6 Å². The van der Waals surface area contributed by atoms with E-state index in [1.807, 2.05) is 23.5 Å². The maximum absolute atomic E-state index is 3.66. The molecule has 0 saturated carbocycles. The summed E-state index contributed by atoms with van der Waals surface area (Å²) in [5, 5.41) is 0. The predicted molar refractivity (Wildman–Crippen MR) is 68.6 cm³/mol. The van der Waals surface area contributed by atoms with Crippen LogP contribution < -0.4 is 0 Å². The summed E-state index contributed by atoms with van der Waals surface area (Å²) in [5.41, 5.74) is 2.80. The van der Waals surface area contributed by atoms with Gasteiger partial charge in [-0.15, -0.1) is 0 Å². The van der Waals surface area contributed by atoms with Gasteiger partial charge in [-0.05, 0) is 23.6 Å². The average molecular weight is 277 g/mol. The SMILES string of the molecule is CSCc1cccc(CSC)c1Br. The number of rotatable bonds is 4. The zero-order valence-corrected chi connectivity index (χ0v) is 11.1.